The number of hydrogen-bond donors (Lipinski definition) is 2. The van der Waals surface area contributed by atoms with Gasteiger partial charge in [0, 0.05) is 31.1 Å². The molecular weight excluding hydrogens is 264 g/mol. The summed E-state index contributed by atoms with van der Waals surface area (Å²) in [4.78, 5) is 16.5. The normalized spacial score (nSPS) is 14.5. The Morgan fingerprint density at radius 2 is 2.29 bits per heavy atom. The van der Waals surface area contributed by atoms with Gasteiger partial charge in [-0.2, -0.15) is 0 Å². The smallest absolute Gasteiger partial charge is 0.221 e. The van der Waals surface area contributed by atoms with Gasteiger partial charge < -0.3 is 15.6 Å². The Morgan fingerprint density at radius 3 is 3.00 bits per heavy atom. The molecule has 0 bridgehead atoms. The van der Waals surface area contributed by atoms with E-state index >= 15 is 0 Å². The number of imidazole rings is 1. The van der Waals surface area contributed by atoms with Crippen molar-refractivity contribution in [1.82, 2.24) is 14.9 Å². The Kier molecular flexibility index (Phi) is 3.82. The number of aromatic nitrogens is 2. The minimum absolute atomic E-state index is 0.107. The predicted octanol–water partition coefficient (Wildman–Crippen LogP) is 2.41. The number of nitrogens with two attached hydrogens (primary N) is 1. The van der Waals surface area contributed by atoms with Gasteiger partial charge in [0.25, 0.3) is 0 Å². The Hall–Kier alpha value is -2.04. The topological polar surface area (TPSA) is 72.9 Å². The molecule has 3 N–H and O–H groups in total. The molecule has 1 aliphatic rings. The summed E-state index contributed by atoms with van der Waals surface area (Å²) in [6.07, 6.45) is 3.85. The third kappa shape index (κ3) is 3.01. The molecule has 1 fully saturated rings. The van der Waals surface area contributed by atoms with Crippen LogP contribution >= 0.6 is 0 Å². The summed E-state index contributed by atoms with van der Waals surface area (Å²) in [5, 5.41) is 2.92. The van der Waals surface area contributed by atoms with E-state index < -0.39 is 0 Å². The fourth-order valence-electron chi connectivity index (χ4n) is 2.62. The van der Waals surface area contributed by atoms with E-state index in [0.717, 1.165) is 35.5 Å². The Morgan fingerprint density at radius 1 is 1.48 bits per heavy atom. The lowest BCUT2D eigenvalue weighted by Gasteiger charge is -2.09. The summed E-state index contributed by atoms with van der Waals surface area (Å²) in [6.45, 7) is 3.48. The molecule has 1 aromatic carbocycles. The van der Waals surface area contributed by atoms with Crippen LogP contribution in [0, 0.1) is 0 Å². The summed E-state index contributed by atoms with van der Waals surface area (Å²) < 4.78 is 2.19. The molecule has 0 spiro atoms. The molecule has 1 aromatic heterocycles. The second-order valence-electron chi connectivity index (χ2n) is 5.74. The van der Waals surface area contributed by atoms with E-state index in [1.165, 1.54) is 12.8 Å². The number of nitrogens with one attached hydrogen (secondary N) is 1. The molecule has 2 aromatic rings. The Labute approximate surface area is 124 Å². The second-order valence-corrected chi connectivity index (χ2v) is 5.74. The van der Waals surface area contributed by atoms with Crippen molar-refractivity contribution in [3.05, 3.63) is 24.0 Å². The van der Waals surface area contributed by atoms with Crippen molar-refractivity contribution in [1.29, 1.82) is 0 Å². The van der Waals surface area contributed by atoms with Gasteiger partial charge in [0.15, 0.2) is 0 Å². The molecule has 0 atom stereocenters. The quantitative estimate of drug-likeness (QED) is 0.801. The summed E-state index contributed by atoms with van der Waals surface area (Å²) >= 11 is 0. The van der Waals surface area contributed by atoms with E-state index in [-0.39, 0.29) is 5.91 Å². The first-order valence-electron chi connectivity index (χ1n) is 7.71. The fourth-order valence-corrected chi connectivity index (χ4v) is 2.62. The molecule has 1 heterocycles. The number of aryl methyl sites for hydroxylation is 1. The van der Waals surface area contributed by atoms with Crippen LogP contribution in [0.3, 0.4) is 0 Å². The molecule has 0 unspecified atom stereocenters. The number of rotatable bonds is 6. The number of carbonyl (C=O) groups excluding carboxylic acids is 1. The first kappa shape index (κ1) is 13.9. The molecule has 21 heavy (non-hydrogen) atoms. The number of nitrogens with zero attached hydrogens (tertiary/aromatic N) is 2. The van der Waals surface area contributed by atoms with Crippen LogP contribution in [0.1, 0.15) is 44.3 Å². The van der Waals surface area contributed by atoms with Gasteiger partial charge in [0.1, 0.15) is 5.82 Å². The zero-order valence-electron chi connectivity index (χ0n) is 12.4. The average Bonchev–Trinajstić information content (AvgIpc) is 3.25. The standard InChI is InChI=1S/C16H22N4O/c1-2-8-18-15(21)7-9-20-14-6-5-12(17)10-13(14)19-16(20)11-3-4-11/h5-6,10-11H,2-4,7-9,17H2,1H3,(H,18,21). The zero-order valence-corrected chi connectivity index (χ0v) is 12.4. The number of benzene rings is 1. The number of amides is 1. The minimum atomic E-state index is 0.107. The maximum absolute atomic E-state index is 11.8. The zero-order chi connectivity index (χ0) is 14.8. The van der Waals surface area contributed by atoms with Gasteiger partial charge >= 0.3 is 0 Å². The maximum Gasteiger partial charge on any atom is 0.221 e. The van der Waals surface area contributed by atoms with Gasteiger partial charge in [-0.25, -0.2) is 4.98 Å². The molecular formula is C16H22N4O. The van der Waals surface area contributed by atoms with Crippen molar-refractivity contribution in [2.75, 3.05) is 12.3 Å². The van der Waals surface area contributed by atoms with Crippen molar-refractivity contribution in [2.24, 2.45) is 0 Å². The van der Waals surface area contributed by atoms with Crippen LogP contribution in [-0.2, 0) is 11.3 Å². The van der Waals surface area contributed by atoms with Gasteiger partial charge in [-0.3, -0.25) is 4.79 Å². The molecule has 1 aliphatic carbocycles. The first-order valence-corrected chi connectivity index (χ1v) is 7.71. The van der Waals surface area contributed by atoms with E-state index in [4.69, 9.17) is 10.7 Å². The van der Waals surface area contributed by atoms with Crippen LogP contribution in [0.4, 0.5) is 5.69 Å². The van der Waals surface area contributed by atoms with Crippen molar-refractivity contribution < 1.29 is 4.79 Å². The SMILES string of the molecule is CCCNC(=O)CCn1c(C2CC2)nc2cc(N)ccc21. The van der Waals surface area contributed by atoms with Crippen LogP contribution < -0.4 is 11.1 Å². The third-order valence-corrected chi connectivity index (χ3v) is 3.88. The monoisotopic (exact) mass is 286 g/mol. The van der Waals surface area contributed by atoms with E-state index in [9.17, 15) is 4.79 Å². The number of carbonyl (C=O) groups is 1. The molecule has 5 heteroatoms. The molecule has 0 saturated heterocycles. The van der Waals surface area contributed by atoms with Crippen molar-refractivity contribution >= 4 is 22.6 Å². The number of nitrogen functional groups attached to an aromatic ring is 1. The molecule has 0 radical (unpaired) electrons. The predicted molar refractivity (Wildman–Crippen MR) is 84.0 cm³/mol. The van der Waals surface area contributed by atoms with Gasteiger partial charge in [-0.15, -0.1) is 0 Å². The average molecular weight is 286 g/mol. The summed E-state index contributed by atoms with van der Waals surface area (Å²) in [5.74, 6) is 1.77. The highest BCUT2D eigenvalue weighted by molar-refractivity contribution is 5.80. The van der Waals surface area contributed by atoms with Crippen LogP contribution in [-0.4, -0.2) is 22.0 Å². The molecule has 1 amide bonds. The van der Waals surface area contributed by atoms with Gasteiger partial charge in [-0.05, 0) is 37.5 Å². The van der Waals surface area contributed by atoms with Crippen LogP contribution in [0.25, 0.3) is 11.0 Å². The lowest BCUT2D eigenvalue weighted by Crippen LogP contribution is -2.25. The minimum Gasteiger partial charge on any atom is -0.399 e. The molecule has 3 rings (SSSR count). The number of fused-ring (bicyclic) bond motifs is 1. The molecule has 1 saturated carbocycles. The summed E-state index contributed by atoms with van der Waals surface area (Å²) in [6, 6.07) is 5.82. The van der Waals surface area contributed by atoms with E-state index in [0.29, 0.717) is 18.9 Å². The third-order valence-electron chi connectivity index (χ3n) is 3.88. The largest absolute Gasteiger partial charge is 0.399 e. The fraction of sp³-hybridized carbons (Fsp3) is 0.500. The number of anilines is 1. The summed E-state index contributed by atoms with van der Waals surface area (Å²) in [5.41, 5.74) is 8.58. The first-order chi connectivity index (χ1) is 10.2. The highest BCUT2D eigenvalue weighted by Gasteiger charge is 2.29. The van der Waals surface area contributed by atoms with Gasteiger partial charge in [0.2, 0.25) is 5.91 Å². The molecule has 112 valence electrons. The van der Waals surface area contributed by atoms with Crippen LogP contribution in [0.2, 0.25) is 0 Å². The summed E-state index contributed by atoms with van der Waals surface area (Å²) in [7, 11) is 0. The molecule has 5 nitrogen and oxygen atoms in total. The van der Waals surface area contributed by atoms with Gasteiger partial charge in [0.05, 0.1) is 11.0 Å². The number of hydrogen-bond acceptors (Lipinski definition) is 3. The van der Waals surface area contributed by atoms with Crippen molar-refractivity contribution in [2.45, 2.75) is 45.1 Å². The lowest BCUT2D eigenvalue weighted by atomic mass is 10.2. The second kappa shape index (κ2) is 5.76. The highest BCUT2D eigenvalue weighted by atomic mass is 16.1. The van der Waals surface area contributed by atoms with Gasteiger partial charge in [-0.1, -0.05) is 6.92 Å². The highest BCUT2D eigenvalue weighted by Crippen LogP contribution is 2.40. The lowest BCUT2D eigenvalue weighted by molar-refractivity contribution is -0.121. The Bertz CT molecular complexity index is 658. The van der Waals surface area contributed by atoms with E-state index in [1.807, 2.05) is 18.2 Å². The van der Waals surface area contributed by atoms with Crippen LogP contribution in [0.5, 0.6) is 0 Å². The van der Waals surface area contributed by atoms with Crippen molar-refractivity contribution in [3.63, 3.8) is 0 Å². The van der Waals surface area contributed by atoms with Crippen molar-refractivity contribution in [3.8, 4) is 0 Å². The molecule has 0 aliphatic heterocycles. The van der Waals surface area contributed by atoms with Crippen LogP contribution in [0.15, 0.2) is 18.2 Å². The Balaban J connectivity index is 1.82. The van der Waals surface area contributed by atoms with E-state index in [2.05, 4.69) is 16.8 Å². The van der Waals surface area contributed by atoms with E-state index in [1.54, 1.807) is 0 Å². The maximum atomic E-state index is 11.8.